The molecule has 0 saturated heterocycles. The molecule has 0 spiro atoms. The zero-order chi connectivity index (χ0) is 49.5. The summed E-state index contributed by atoms with van der Waals surface area (Å²) in [5, 5.41) is 2.44. The van der Waals surface area contributed by atoms with E-state index in [2.05, 4.69) is 294 Å². The van der Waals surface area contributed by atoms with Gasteiger partial charge in [-0.1, -0.05) is 253 Å². The molecule has 1 nitrogen and oxygen atoms in total. The lowest BCUT2D eigenvalue weighted by molar-refractivity contribution is 0.590. The summed E-state index contributed by atoms with van der Waals surface area (Å²) in [6.45, 7) is 11.6. The Labute approximate surface area is 430 Å². The molecule has 2 aliphatic carbocycles. The first-order valence-electron chi connectivity index (χ1n) is 25.8. The van der Waals surface area contributed by atoms with Crippen LogP contribution in [0.2, 0.25) is 0 Å². The van der Waals surface area contributed by atoms with Crippen molar-refractivity contribution in [2.75, 3.05) is 4.90 Å². The summed E-state index contributed by atoms with van der Waals surface area (Å²) >= 11 is 0. The zero-order valence-electron chi connectivity index (χ0n) is 42.2. The summed E-state index contributed by atoms with van der Waals surface area (Å²) in [5.74, 6) is 0. The Kier molecular flexibility index (Phi) is 10.4. The van der Waals surface area contributed by atoms with Gasteiger partial charge in [-0.25, -0.2) is 0 Å². The van der Waals surface area contributed by atoms with Crippen molar-refractivity contribution in [1.82, 2.24) is 0 Å². The molecule has 350 valence electrons. The lowest BCUT2D eigenvalue weighted by atomic mass is 9.68. The van der Waals surface area contributed by atoms with Crippen molar-refractivity contribution in [3.63, 3.8) is 0 Å². The normalized spacial score (nSPS) is 13.8. The van der Waals surface area contributed by atoms with Crippen molar-refractivity contribution in [1.29, 1.82) is 0 Å². The van der Waals surface area contributed by atoms with Crippen LogP contribution < -0.4 is 4.90 Å². The Bertz CT molecular complexity index is 3830. The summed E-state index contributed by atoms with van der Waals surface area (Å²) in [6.07, 6.45) is 0. The monoisotopic (exact) mass is 935 g/mol. The SMILES string of the molecule is CC(C)(C)c1ccc(-c2ccc(-c3ccc(N(c4ccc5c(c4)-c4ccccc4C5(c4ccccc4)c4ccccc4)c4ccc5ccccc5c4-c4ccc5c(c4)C(C)(C)c4ccccc4-5)cc3)cc2)cc1. The fourth-order valence-electron chi connectivity index (χ4n) is 12.4. The molecule has 11 aromatic rings. The van der Waals surface area contributed by atoms with Gasteiger partial charge in [0.2, 0.25) is 0 Å². The van der Waals surface area contributed by atoms with Crippen LogP contribution in [0.15, 0.2) is 255 Å². The van der Waals surface area contributed by atoms with Crippen LogP contribution in [0, 0.1) is 0 Å². The molecule has 0 aliphatic heterocycles. The van der Waals surface area contributed by atoms with E-state index in [0.717, 1.165) is 17.1 Å². The zero-order valence-corrected chi connectivity index (χ0v) is 42.2. The highest BCUT2D eigenvalue weighted by molar-refractivity contribution is 6.06. The van der Waals surface area contributed by atoms with Crippen LogP contribution in [0.4, 0.5) is 17.1 Å². The largest absolute Gasteiger partial charge is 0.310 e. The lowest BCUT2D eigenvalue weighted by Crippen LogP contribution is -2.28. The third-order valence-corrected chi connectivity index (χ3v) is 16.1. The molecule has 0 saturated carbocycles. The van der Waals surface area contributed by atoms with Gasteiger partial charge in [0, 0.05) is 22.4 Å². The van der Waals surface area contributed by atoms with Crippen LogP contribution in [0.5, 0.6) is 0 Å². The van der Waals surface area contributed by atoms with Gasteiger partial charge in [-0.15, -0.1) is 0 Å². The minimum atomic E-state index is -0.492. The fraction of sp³-hybridized carbons (Fsp3) is 0.111. The van der Waals surface area contributed by atoms with Crippen molar-refractivity contribution in [2.24, 2.45) is 0 Å². The highest BCUT2D eigenvalue weighted by Crippen LogP contribution is 2.58. The summed E-state index contributed by atoms with van der Waals surface area (Å²) in [6, 6.07) is 95.5. The predicted octanol–water partition coefficient (Wildman–Crippen LogP) is 19.3. The lowest BCUT2D eigenvalue weighted by Gasteiger charge is -2.34. The van der Waals surface area contributed by atoms with Crippen LogP contribution >= 0.6 is 0 Å². The highest BCUT2D eigenvalue weighted by Gasteiger charge is 2.46. The van der Waals surface area contributed by atoms with E-state index in [4.69, 9.17) is 0 Å². The van der Waals surface area contributed by atoms with Gasteiger partial charge < -0.3 is 4.90 Å². The first-order chi connectivity index (χ1) is 35.6. The standard InChI is InChI=1S/C72H57N/c1-70(2,3)54-38-32-50(33-39-54)48-28-30-49(31-29-48)51-34-40-57(41-35-51)73(58-42-44-66-63(47-58)61-25-15-17-27-65(61)72(66,55-19-8-6-9-20-55)56-21-10-7-11-22-56)68-45-37-52-18-12-13-23-59(52)69(68)53-36-43-62-60-24-14-16-26-64(60)71(4,5)67(62)46-53/h6-47H,1-5H3. The topological polar surface area (TPSA) is 3.24 Å². The smallest absolute Gasteiger partial charge is 0.0713 e. The Morgan fingerprint density at radius 2 is 0.822 bits per heavy atom. The van der Waals surface area contributed by atoms with Gasteiger partial charge >= 0.3 is 0 Å². The van der Waals surface area contributed by atoms with Gasteiger partial charge in [-0.05, 0) is 142 Å². The number of fused-ring (bicyclic) bond motifs is 7. The van der Waals surface area contributed by atoms with E-state index in [1.807, 2.05) is 0 Å². The maximum Gasteiger partial charge on any atom is 0.0713 e. The molecule has 0 aromatic heterocycles. The second kappa shape index (κ2) is 17.1. The van der Waals surface area contributed by atoms with E-state index >= 15 is 0 Å². The first kappa shape index (κ1) is 44.4. The van der Waals surface area contributed by atoms with E-state index in [-0.39, 0.29) is 10.8 Å². The van der Waals surface area contributed by atoms with Gasteiger partial charge in [0.05, 0.1) is 11.1 Å². The van der Waals surface area contributed by atoms with Crippen molar-refractivity contribution in [3.05, 3.63) is 294 Å². The molecule has 0 N–H and O–H groups in total. The first-order valence-corrected chi connectivity index (χ1v) is 25.8. The molecule has 0 atom stereocenters. The van der Waals surface area contributed by atoms with E-state index < -0.39 is 5.41 Å². The number of rotatable bonds is 8. The molecular formula is C72H57N. The van der Waals surface area contributed by atoms with Crippen molar-refractivity contribution in [2.45, 2.75) is 50.9 Å². The third kappa shape index (κ3) is 7.13. The van der Waals surface area contributed by atoms with Gasteiger partial charge in [-0.3, -0.25) is 0 Å². The average Bonchev–Trinajstić information content (AvgIpc) is 3.86. The molecule has 2 aliphatic rings. The minimum absolute atomic E-state index is 0.120. The van der Waals surface area contributed by atoms with Crippen LogP contribution in [0.3, 0.4) is 0 Å². The Morgan fingerprint density at radius 3 is 1.45 bits per heavy atom. The summed E-state index contributed by atoms with van der Waals surface area (Å²) in [5.41, 5.74) is 24.4. The van der Waals surface area contributed by atoms with Crippen LogP contribution in [-0.2, 0) is 16.2 Å². The molecular weight excluding hydrogens is 879 g/mol. The van der Waals surface area contributed by atoms with Crippen molar-refractivity contribution >= 4 is 27.8 Å². The van der Waals surface area contributed by atoms with E-state index in [1.165, 1.54) is 105 Å². The quantitative estimate of drug-likeness (QED) is 0.147. The van der Waals surface area contributed by atoms with Gasteiger partial charge in [-0.2, -0.15) is 0 Å². The number of anilines is 3. The summed E-state index contributed by atoms with van der Waals surface area (Å²) in [4.78, 5) is 2.51. The Morgan fingerprint density at radius 1 is 0.342 bits per heavy atom. The molecule has 11 aromatic carbocycles. The average molecular weight is 936 g/mol. The molecule has 0 amide bonds. The van der Waals surface area contributed by atoms with Crippen LogP contribution in [-0.4, -0.2) is 0 Å². The van der Waals surface area contributed by atoms with Crippen LogP contribution in [0.25, 0.3) is 66.4 Å². The Balaban J connectivity index is 0.999. The fourth-order valence-corrected chi connectivity index (χ4v) is 12.4. The highest BCUT2D eigenvalue weighted by atomic mass is 15.1. The van der Waals surface area contributed by atoms with Crippen molar-refractivity contribution in [3.8, 4) is 55.6 Å². The number of benzene rings is 11. The maximum atomic E-state index is 2.51. The molecule has 0 unspecified atom stereocenters. The molecule has 0 bridgehead atoms. The molecule has 13 rings (SSSR count). The van der Waals surface area contributed by atoms with Gasteiger partial charge in [0.15, 0.2) is 0 Å². The second-order valence-corrected chi connectivity index (χ2v) is 21.7. The van der Waals surface area contributed by atoms with Gasteiger partial charge in [0.1, 0.15) is 0 Å². The molecule has 0 radical (unpaired) electrons. The summed E-state index contributed by atoms with van der Waals surface area (Å²) < 4.78 is 0. The van der Waals surface area contributed by atoms with Crippen molar-refractivity contribution < 1.29 is 0 Å². The van der Waals surface area contributed by atoms with Gasteiger partial charge in [0.25, 0.3) is 0 Å². The van der Waals surface area contributed by atoms with E-state index in [0.29, 0.717) is 0 Å². The second-order valence-electron chi connectivity index (χ2n) is 21.7. The molecule has 0 heterocycles. The Hall–Kier alpha value is -8.52. The third-order valence-electron chi connectivity index (χ3n) is 16.1. The minimum Gasteiger partial charge on any atom is -0.310 e. The number of nitrogens with zero attached hydrogens (tertiary/aromatic N) is 1. The predicted molar refractivity (Wildman–Crippen MR) is 309 cm³/mol. The van der Waals surface area contributed by atoms with E-state index in [1.54, 1.807) is 0 Å². The van der Waals surface area contributed by atoms with E-state index in [9.17, 15) is 0 Å². The maximum absolute atomic E-state index is 2.51. The molecule has 0 fully saturated rings. The van der Waals surface area contributed by atoms with Crippen LogP contribution in [0.1, 0.15) is 73.6 Å². The number of hydrogen-bond donors (Lipinski definition) is 0. The molecule has 73 heavy (non-hydrogen) atoms. The number of hydrogen-bond acceptors (Lipinski definition) is 1. The molecule has 1 heteroatoms. The summed E-state index contributed by atoms with van der Waals surface area (Å²) in [7, 11) is 0.